The van der Waals surface area contributed by atoms with E-state index in [2.05, 4.69) is 16.0 Å². The summed E-state index contributed by atoms with van der Waals surface area (Å²) in [6.07, 6.45) is -0.545. The molecule has 2 unspecified atom stereocenters. The van der Waals surface area contributed by atoms with Gasteiger partial charge in [-0.1, -0.05) is 84.6 Å². The Balaban J connectivity index is 0.890. The van der Waals surface area contributed by atoms with E-state index in [1.165, 1.54) is 65.6 Å². The smallest absolute Gasteiger partial charge is 0.254 e. The molecule has 3 aliphatic rings. The number of carbonyl (C=O) groups is 3. The molecule has 0 saturated heterocycles. The number of unbranched alkanes of at least 4 members (excludes halogenated alkanes) is 1. The lowest BCUT2D eigenvalue weighted by Crippen LogP contribution is -2.69. The number of aryl methyl sites for hydroxylation is 1. The number of hydrogen-bond donors (Lipinski definition) is 4. The molecule has 0 fully saturated rings. The zero-order valence-electron chi connectivity index (χ0n) is 55.7. The van der Waals surface area contributed by atoms with Gasteiger partial charge in [-0.15, -0.1) is 0 Å². The topological polar surface area (TPSA) is 183 Å². The Morgan fingerprint density at radius 2 is 1.02 bits per heavy atom. The van der Waals surface area contributed by atoms with Crippen molar-refractivity contribution in [2.24, 2.45) is 5.73 Å². The van der Waals surface area contributed by atoms with Gasteiger partial charge in [0.05, 0.1) is 35.2 Å². The number of carbonyl (C=O) groups excluding carboxylic acids is 3. The van der Waals surface area contributed by atoms with Crippen LogP contribution < -0.4 is 31.5 Å². The van der Waals surface area contributed by atoms with Gasteiger partial charge in [-0.25, -0.2) is 36.9 Å². The number of nitrogens with two attached hydrogens (primary N) is 1. The van der Waals surface area contributed by atoms with Crippen LogP contribution in [0.1, 0.15) is 61.7 Å². The Hall–Kier alpha value is -9.91. The quantitative estimate of drug-likeness (QED) is 0.0304. The lowest BCUT2D eigenvalue weighted by molar-refractivity contribution is -0.147. The molecule has 3 amide bonds. The van der Waals surface area contributed by atoms with E-state index < -0.39 is 58.1 Å². The fourth-order valence-electron chi connectivity index (χ4n) is 13.8. The van der Waals surface area contributed by atoms with E-state index in [0.29, 0.717) is 105 Å². The third kappa shape index (κ3) is 13.5. The largest absolute Gasteiger partial charge is 0.340 e. The minimum atomic E-state index is -1.91. The Kier molecular flexibility index (Phi) is 19.5. The molecule has 0 spiro atoms. The number of nitrogens with zero attached hydrogens (tertiary/aromatic N) is 11. The van der Waals surface area contributed by atoms with Gasteiger partial charge >= 0.3 is 0 Å². The molecule has 3 aliphatic heterocycles. The molecule has 100 heavy (non-hydrogen) atoms. The Morgan fingerprint density at radius 3 is 1.52 bits per heavy atom. The average molecular weight is 1400 g/mol. The fourth-order valence-corrected chi connectivity index (χ4v) is 14.0. The molecular formula is C75H74Cl2F5N15O3. The SMILES string of the molecule is CCCCNC(CC(C)(N[C@H](N)C(=O)N1CCn2c(nc(-c3ccc(F)cc3)c2N(C)c2ccc(Cl)c(F)c2)C1)C(=O)N1CCn2c(nc(-c3ccc(F)cc3)c2N(C)c2ccc(Cl)c(F)c2)C1)(C(=O)N1CCn2c(nc(-c3ccc(F)cc3)c2Nc2ccc(C)cc2)C1)c1ccccc1. The minimum absolute atomic E-state index is 0.0229. The van der Waals surface area contributed by atoms with E-state index in [4.69, 9.17) is 43.9 Å². The average Bonchev–Trinajstić information content (AvgIpc) is 1.31. The number of rotatable bonds is 21. The van der Waals surface area contributed by atoms with E-state index >= 15 is 23.2 Å². The summed E-state index contributed by atoms with van der Waals surface area (Å²) in [4.78, 5) is 72.6. The molecule has 25 heteroatoms. The summed E-state index contributed by atoms with van der Waals surface area (Å²) < 4.78 is 79.9. The number of hydrogen-bond acceptors (Lipinski definition) is 12. The molecular weight excluding hydrogens is 1320 g/mol. The van der Waals surface area contributed by atoms with Crippen molar-refractivity contribution in [3.8, 4) is 33.8 Å². The van der Waals surface area contributed by atoms with Gasteiger partial charge in [0.2, 0.25) is 11.8 Å². The maximum absolute atomic E-state index is 16.7. The summed E-state index contributed by atoms with van der Waals surface area (Å²) in [6.45, 7) is 6.89. The molecule has 516 valence electrons. The zero-order chi connectivity index (χ0) is 70.3. The first-order valence-corrected chi connectivity index (χ1v) is 33.8. The summed E-state index contributed by atoms with van der Waals surface area (Å²) in [5.74, 6) is -0.948. The fraction of sp³-hybridized carbons (Fsp3) is 0.280. The molecule has 0 radical (unpaired) electrons. The maximum atomic E-state index is 16.7. The lowest BCUT2D eigenvalue weighted by atomic mass is 9.75. The van der Waals surface area contributed by atoms with Crippen LogP contribution >= 0.6 is 23.2 Å². The monoisotopic (exact) mass is 1400 g/mol. The van der Waals surface area contributed by atoms with Gasteiger partial charge < -0.3 is 49.3 Å². The first-order chi connectivity index (χ1) is 48.1. The van der Waals surface area contributed by atoms with Crippen LogP contribution in [0, 0.1) is 36.0 Å². The van der Waals surface area contributed by atoms with Crippen molar-refractivity contribution in [2.75, 3.05) is 55.4 Å². The van der Waals surface area contributed by atoms with Crippen LogP contribution in [0.4, 0.5) is 56.5 Å². The maximum Gasteiger partial charge on any atom is 0.254 e. The second kappa shape index (κ2) is 28.4. The van der Waals surface area contributed by atoms with E-state index in [-0.39, 0.29) is 74.7 Å². The van der Waals surface area contributed by atoms with Gasteiger partial charge in [-0.2, -0.15) is 0 Å². The van der Waals surface area contributed by atoms with E-state index in [1.807, 2.05) is 82.1 Å². The number of fused-ring (bicyclic) bond motifs is 3. The van der Waals surface area contributed by atoms with Crippen LogP contribution in [0.25, 0.3) is 33.8 Å². The Labute approximate surface area is 585 Å². The van der Waals surface area contributed by atoms with Crippen LogP contribution in [0.5, 0.6) is 0 Å². The van der Waals surface area contributed by atoms with Gasteiger partial charge in [0.25, 0.3) is 5.91 Å². The van der Waals surface area contributed by atoms with Crippen molar-refractivity contribution in [1.82, 2.24) is 54.0 Å². The highest BCUT2D eigenvalue weighted by Gasteiger charge is 2.53. The van der Waals surface area contributed by atoms with Crippen molar-refractivity contribution in [3.63, 3.8) is 0 Å². The number of nitrogens with one attached hydrogen (secondary N) is 3. The normalized spacial score (nSPS) is 15.1. The van der Waals surface area contributed by atoms with Crippen LogP contribution in [0.2, 0.25) is 10.0 Å². The van der Waals surface area contributed by atoms with Crippen LogP contribution in [0.15, 0.2) is 164 Å². The van der Waals surface area contributed by atoms with Gasteiger partial charge in [-0.3, -0.25) is 25.0 Å². The first-order valence-electron chi connectivity index (χ1n) is 33.1. The lowest BCUT2D eigenvalue weighted by Gasteiger charge is -2.46. The molecule has 18 nitrogen and oxygen atoms in total. The van der Waals surface area contributed by atoms with E-state index in [1.54, 1.807) is 89.1 Å². The van der Waals surface area contributed by atoms with Crippen molar-refractivity contribution in [3.05, 3.63) is 232 Å². The molecule has 6 heterocycles. The highest BCUT2D eigenvalue weighted by Crippen LogP contribution is 2.43. The minimum Gasteiger partial charge on any atom is -0.340 e. The summed E-state index contributed by atoms with van der Waals surface area (Å²) in [5, 5.41) is 10.5. The van der Waals surface area contributed by atoms with Crippen molar-refractivity contribution < 1.29 is 36.3 Å². The van der Waals surface area contributed by atoms with Gasteiger partial charge in [0.1, 0.15) is 92.8 Å². The highest BCUT2D eigenvalue weighted by molar-refractivity contribution is 6.31. The van der Waals surface area contributed by atoms with Crippen molar-refractivity contribution >= 4 is 75.4 Å². The predicted octanol–water partition coefficient (Wildman–Crippen LogP) is 13.6. The van der Waals surface area contributed by atoms with Gasteiger partial charge in [0.15, 0.2) is 0 Å². The summed E-state index contributed by atoms with van der Waals surface area (Å²) in [5.41, 5.74) is 10.1. The van der Waals surface area contributed by atoms with Crippen LogP contribution in [-0.4, -0.2) is 113 Å². The number of amides is 3. The molecule has 0 bridgehead atoms. The number of imidazole rings is 3. The number of halogens is 7. The summed E-state index contributed by atoms with van der Waals surface area (Å²) >= 11 is 12.3. The second-order valence-corrected chi connectivity index (χ2v) is 26.6. The number of benzene rings is 7. The summed E-state index contributed by atoms with van der Waals surface area (Å²) in [7, 11) is 3.51. The summed E-state index contributed by atoms with van der Waals surface area (Å²) in [6, 6.07) is 43.7. The molecule has 7 aromatic carbocycles. The predicted molar refractivity (Wildman–Crippen MR) is 378 cm³/mol. The van der Waals surface area contributed by atoms with E-state index in [0.717, 1.165) is 17.7 Å². The van der Waals surface area contributed by atoms with Crippen molar-refractivity contribution in [2.45, 2.75) is 96.5 Å². The standard InChI is InChI=1S/C75H74Cl2F5N15O3/c1-6-7-33-84-75(50-11-9-8-10-12-50,73(100)94-35-37-95-61(43-94)86-64(47-15-21-51(78)22-16-47)68(95)85-54-27-13-46(2)14-28-54)45-74(3,72(99)93-36-39-97-63(44-93)88-66(49-19-25-53(80)26-20-49)70(97)91(5)56-30-32-58(77)60(82)41-56)89-67(83)71(98)92-34-38-96-62(42-92)87-65(48-17-23-52(79)24-18-48)69(96)90(4)55-29-31-57(76)59(81)40-55/h8-32,40-41,67,84-85,89H,6-7,33-39,42-45,83H2,1-5H3/t67-,74?,75?/m0/s1. The number of aromatic nitrogens is 6. The van der Waals surface area contributed by atoms with Gasteiger partial charge in [0, 0.05) is 93.5 Å². The molecule has 13 rings (SSSR count). The molecule has 0 saturated carbocycles. The third-order valence-corrected chi connectivity index (χ3v) is 19.7. The molecule has 10 aromatic rings. The third-order valence-electron chi connectivity index (χ3n) is 19.1. The molecule has 0 aliphatic carbocycles. The second-order valence-electron chi connectivity index (χ2n) is 25.8. The Morgan fingerprint density at radius 1 is 0.570 bits per heavy atom. The molecule has 3 atom stereocenters. The molecule has 3 aromatic heterocycles. The highest BCUT2D eigenvalue weighted by atomic mass is 35.5. The zero-order valence-corrected chi connectivity index (χ0v) is 57.2. The first kappa shape index (κ1) is 68.6. The number of anilines is 6. The van der Waals surface area contributed by atoms with Crippen LogP contribution in [-0.2, 0) is 59.2 Å². The molecule has 5 N–H and O–H groups in total. The van der Waals surface area contributed by atoms with E-state index in [9.17, 15) is 13.2 Å². The van der Waals surface area contributed by atoms with Crippen molar-refractivity contribution in [1.29, 1.82) is 0 Å². The Bertz CT molecular complexity index is 4690. The van der Waals surface area contributed by atoms with Crippen LogP contribution in [0.3, 0.4) is 0 Å². The van der Waals surface area contributed by atoms with Gasteiger partial charge in [-0.05, 0) is 154 Å².